The largest absolute Gasteiger partial charge is 0.366 e. The van der Waals surface area contributed by atoms with Crippen molar-refractivity contribution in [2.45, 2.75) is 20.0 Å². The fourth-order valence-corrected chi connectivity index (χ4v) is 3.10. The van der Waals surface area contributed by atoms with E-state index in [0.29, 0.717) is 38.7 Å². The van der Waals surface area contributed by atoms with E-state index in [9.17, 15) is 17.6 Å². The molecule has 6 nitrogen and oxygen atoms in total. The number of guanidine groups is 1. The number of hydrogen-bond donors (Lipinski definition) is 1. The standard InChI is InChI=1S/C18H22F4N6.HI/c1-2-23-18(25-12-16-24-5-6-28(16)17(21)22)27-9-7-26(8-10-27)15-11-13(19)3-4-14(15)20;/h3-6,11,17H,2,7-10,12H2,1H3,(H,23,25);1H. The highest BCUT2D eigenvalue weighted by molar-refractivity contribution is 14.0. The van der Waals surface area contributed by atoms with Crippen molar-refractivity contribution in [3.8, 4) is 0 Å². The van der Waals surface area contributed by atoms with E-state index in [-0.39, 0.29) is 42.0 Å². The highest BCUT2D eigenvalue weighted by Crippen LogP contribution is 2.22. The van der Waals surface area contributed by atoms with Gasteiger partial charge in [0.05, 0.1) is 5.69 Å². The molecule has 0 radical (unpaired) electrons. The number of imidazole rings is 1. The van der Waals surface area contributed by atoms with Crippen LogP contribution in [-0.4, -0.2) is 53.1 Å². The number of halogens is 5. The average Bonchev–Trinajstić information content (AvgIpc) is 3.16. The Hall–Kier alpha value is -2.05. The number of aliphatic imine (C=N–C) groups is 1. The first-order valence-electron chi connectivity index (χ1n) is 9.02. The highest BCUT2D eigenvalue weighted by atomic mass is 127. The lowest BCUT2D eigenvalue weighted by Gasteiger charge is -2.37. The van der Waals surface area contributed by atoms with Crippen molar-refractivity contribution >= 4 is 35.6 Å². The maximum atomic E-state index is 14.0. The van der Waals surface area contributed by atoms with Crippen LogP contribution in [0.15, 0.2) is 35.6 Å². The molecule has 1 aromatic heterocycles. The van der Waals surface area contributed by atoms with Crippen LogP contribution in [0.2, 0.25) is 0 Å². The Labute approximate surface area is 183 Å². The smallest absolute Gasteiger partial charge is 0.319 e. The monoisotopic (exact) mass is 526 g/mol. The number of nitrogens with zero attached hydrogens (tertiary/aromatic N) is 5. The van der Waals surface area contributed by atoms with Crippen LogP contribution in [0.5, 0.6) is 0 Å². The van der Waals surface area contributed by atoms with Crippen LogP contribution in [-0.2, 0) is 6.54 Å². The summed E-state index contributed by atoms with van der Waals surface area (Å²) in [6.07, 6.45) is 2.53. The van der Waals surface area contributed by atoms with Crippen LogP contribution < -0.4 is 10.2 Å². The Morgan fingerprint density at radius 2 is 1.93 bits per heavy atom. The summed E-state index contributed by atoms with van der Waals surface area (Å²) < 4.78 is 54.1. The van der Waals surface area contributed by atoms with Gasteiger partial charge in [-0.3, -0.25) is 4.57 Å². The molecule has 1 aliphatic rings. The molecular formula is C18H23F4IN6. The second-order valence-corrected chi connectivity index (χ2v) is 6.27. The maximum Gasteiger partial charge on any atom is 0.319 e. The van der Waals surface area contributed by atoms with Crippen molar-refractivity contribution in [2.75, 3.05) is 37.6 Å². The van der Waals surface area contributed by atoms with Gasteiger partial charge in [0.2, 0.25) is 0 Å². The van der Waals surface area contributed by atoms with Crippen molar-refractivity contribution in [1.29, 1.82) is 0 Å². The SMILES string of the molecule is CCNC(=NCc1nccn1C(F)F)N1CCN(c2cc(F)ccc2F)CC1.I. The first-order chi connectivity index (χ1) is 13.5. The number of alkyl halides is 2. The molecular weight excluding hydrogens is 503 g/mol. The van der Waals surface area contributed by atoms with Crippen molar-refractivity contribution in [2.24, 2.45) is 4.99 Å². The highest BCUT2D eigenvalue weighted by Gasteiger charge is 2.22. The molecule has 2 heterocycles. The zero-order valence-corrected chi connectivity index (χ0v) is 18.2. The number of piperazine rings is 1. The molecule has 160 valence electrons. The second-order valence-electron chi connectivity index (χ2n) is 6.27. The van der Waals surface area contributed by atoms with Gasteiger partial charge in [-0.1, -0.05) is 0 Å². The third kappa shape index (κ3) is 5.73. The predicted octanol–water partition coefficient (Wildman–Crippen LogP) is 3.46. The van der Waals surface area contributed by atoms with Crippen molar-refractivity contribution in [1.82, 2.24) is 19.8 Å². The molecule has 0 unspecified atom stereocenters. The molecule has 0 amide bonds. The summed E-state index contributed by atoms with van der Waals surface area (Å²) in [5, 5.41) is 3.14. The van der Waals surface area contributed by atoms with Gasteiger partial charge in [-0.25, -0.2) is 18.8 Å². The van der Waals surface area contributed by atoms with Crippen LogP contribution in [0.3, 0.4) is 0 Å². The van der Waals surface area contributed by atoms with Gasteiger partial charge >= 0.3 is 6.55 Å². The van der Waals surface area contributed by atoms with Crippen LogP contribution >= 0.6 is 24.0 Å². The molecule has 1 fully saturated rings. The summed E-state index contributed by atoms with van der Waals surface area (Å²) >= 11 is 0. The summed E-state index contributed by atoms with van der Waals surface area (Å²) in [6, 6.07) is 3.40. The third-order valence-corrected chi connectivity index (χ3v) is 4.49. The summed E-state index contributed by atoms with van der Waals surface area (Å²) in [5.74, 6) is -0.200. The summed E-state index contributed by atoms with van der Waals surface area (Å²) in [7, 11) is 0. The van der Waals surface area contributed by atoms with Crippen molar-refractivity contribution in [3.05, 3.63) is 48.1 Å². The Bertz CT molecular complexity index is 820. The normalized spacial score (nSPS) is 14.9. The van der Waals surface area contributed by atoms with Gasteiger partial charge in [0, 0.05) is 51.2 Å². The van der Waals surface area contributed by atoms with Gasteiger partial charge in [0.15, 0.2) is 5.96 Å². The second kappa shape index (κ2) is 10.6. The lowest BCUT2D eigenvalue weighted by Crippen LogP contribution is -2.52. The van der Waals surface area contributed by atoms with Crippen LogP contribution in [0.25, 0.3) is 0 Å². The van der Waals surface area contributed by atoms with Crippen LogP contribution in [0.1, 0.15) is 19.3 Å². The van der Waals surface area contributed by atoms with E-state index in [1.54, 1.807) is 4.90 Å². The molecule has 0 spiro atoms. The minimum Gasteiger partial charge on any atom is -0.366 e. The zero-order valence-electron chi connectivity index (χ0n) is 15.9. The van der Waals surface area contributed by atoms with Gasteiger partial charge in [-0.05, 0) is 19.1 Å². The topological polar surface area (TPSA) is 48.7 Å². The molecule has 11 heteroatoms. The molecule has 0 aliphatic carbocycles. The van der Waals surface area contributed by atoms with E-state index in [0.717, 1.165) is 16.7 Å². The first-order valence-corrected chi connectivity index (χ1v) is 9.02. The number of hydrogen-bond acceptors (Lipinski definition) is 3. The summed E-state index contributed by atoms with van der Waals surface area (Å²) in [6.45, 7) is 1.90. The number of benzene rings is 1. The Balaban J connectivity index is 0.00000300. The third-order valence-electron chi connectivity index (χ3n) is 4.49. The van der Waals surface area contributed by atoms with Gasteiger partial charge in [-0.15, -0.1) is 24.0 Å². The molecule has 1 N–H and O–H groups in total. The molecule has 2 aromatic rings. The van der Waals surface area contributed by atoms with Crippen molar-refractivity contribution < 1.29 is 17.6 Å². The lowest BCUT2D eigenvalue weighted by atomic mass is 10.2. The Morgan fingerprint density at radius 1 is 1.21 bits per heavy atom. The zero-order chi connectivity index (χ0) is 20.1. The summed E-state index contributed by atoms with van der Waals surface area (Å²) in [5.41, 5.74) is 0.237. The van der Waals surface area contributed by atoms with Gasteiger partial charge in [0.25, 0.3) is 0 Å². The van der Waals surface area contributed by atoms with Crippen LogP contribution in [0.4, 0.5) is 23.2 Å². The maximum absolute atomic E-state index is 14.0. The molecule has 0 atom stereocenters. The van der Waals surface area contributed by atoms with E-state index in [1.165, 1.54) is 18.5 Å². The molecule has 1 aliphatic heterocycles. The number of rotatable bonds is 5. The first kappa shape index (κ1) is 23.2. The molecule has 29 heavy (non-hydrogen) atoms. The molecule has 0 saturated carbocycles. The molecule has 3 rings (SSSR count). The number of aromatic nitrogens is 2. The van der Waals surface area contributed by atoms with Crippen molar-refractivity contribution in [3.63, 3.8) is 0 Å². The lowest BCUT2D eigenvalue weighted by molar-refractivity contribution is 0.0671. The number of anilines is 1. The minimum atomic E-state index is -2.67. The fourth-order valence-electron chi connectivity index (χ4n) is 3.10. The quantitative estimate of drug-likeness (QED) is 0.281. The van der Waals surface area contributed by atoms with E-state index in [4.69, 9.17) is 0 Å². The van der Waals surface area contributed by atoms with E-state index in [2.05, 4.69) is 15.3 Å². The molecule has 1 aromatic carbocycles. The van der Waals surface area contributed by atoms with E-state index >= 15 is 0 Å². The molecule has 0 bridgehead atoms. The molecule has 1 saturated heterocycles. The Kier molecular flexibility index (Phi) is 8.53. The summed E-state index contributed by atoms with van der Waals surface area (Å²) in [4.78, 5) is 12.1. The van der Waals surface area contributed by atoms with E-state index < -0.39 is 18.2 Å². The van der Waals surface area contributed by atoms with E-state index in [1.807, 2.05) is 11.8 Å². The average molecular weight is 526 g/mol. The number of nitrogens with one attached hydrogen (secondary N) is 1. The van der Waals surface area contributed by atoms with Gasteiger partial charge in [0.1, 0.15) is 24.0 Å². The van der Waals surface area contributed by atoms with Crippen LogP contribution in [0, 0.1) is 11.6 Å². The fraction of sp³-hybridized carbons (Fsp3) is 0.444. The predicted molar refractivity (Wildman–Crippen MR) is 114 cm³/mol. The van der Waals surface area contributed by atoms with Gasteiger partial charge < -0.3 is 15.1 Å². The minimum absolute atomic E-state index is 0. The van der Waals surface area contributed by atoms with Gasteiger partial charge in [-0.2, -0.15) is 8.78 Å². The Morgan fingerprint density at radius 3 is 2.59 bits per heavy atom.